The molecule has 2 aliphatic carbocycles. The van der Waals surface area contributed by atoms with Gasteiger partial charge in [0.05, 0.1) is 12.2 Å². The minimum Gasteiger partial charge on any atom is -0.458 e. The first-order valence-electron chi connectivity index (χ1n) is 13.8. The normalized spacial score (nSPS) is 18.8. The third-order valence-electron chi connectivity index (χ3n) is 8.94. The maximum Gasteiger partial charge on any atom is 0.151 e. The van der Waals surface area contributed by atoms with Crippen LogP contribution in [0.4, 0.5) is 11.4 Å². The standard InChI is InChI=1S/C37H33NO/c1-6-26-27-16-10-12-18-30(27)36(2,3)32(26)20-25-23-38(24-14-8-7-9-15-24)34-21-29-28-17-11-13-19-31(28)37(4,5)33(29)22-35(34)39-25/h6-22H,1,23H2,2-5H3/b25-20+. The molecule has 0 radical (unpaired) electrons. The molecule has 0 fully saturated rings. The third-order valence-corrected chi connectivity index (χ3v) is 8.94. The summed E-state index contributed by atoms with van der Waals surface area (Å²) in [6, 6.07) is 32.7. The Morgan fingerprint density at radius 2 is 1.36 bits per heavy atom. The summed E-state index contributed by atoms with van der Waals surface area (Å²) in [7, 11) is 0. The fourth-order valence-electron chi connectivity index (χ4n) is 6.87. The highest BCUT2D eigenvalue weighted by Gasteiger charge is 2.39. The van der Waals surface area contributed by atoms with E-state index in [4.69, 9.17) is 4.74 Å². The fourth-order valence-corrected chi connectivity index (χ4v) is 6.87. The molecule has 0 amide bonds. The number of hydrogen-bond donors (Lipinski definition) is 0. The molecule has 7 rings (SSSR count). The highest BCUT2D eigenvalue weighted by atomic mass is 16.5. The summed E-state index contributed by atoms with van der Waals surface area (Å²) in [6.45, 7) is 14.1. The smallest absolute Gasteiger partial charge is 0.151 e. The van der Waals surface area contributed by atoms with Gasteiger partial charge in [-0.05, 0) is 74.9 Å². The molecule has 0 aromatic heterocycles. The van der Waals surface area contributed by atoms with Gasteiger partial charge in [0, 0.05) is 16.5 Å². The van der Waals surface area contributed by atoms with E-state index in [-0.39, 0.29) is 10.8 Å². The van der Waals surface area contributed by atoms with Crippen molar-refractivity contribution in [1.82, 2.24) is 0 Å². The minimum absolute atomic E-state index is 0.0865. The van der Waals surface area contributed by atoms with Crippen molar-refractivity contribution >= 4 is 16.9 Å². The molecule has 192 valence electrons. The van der Waals surface area contributed by atoms with Gasteiger partial charge in [-0.2, -0.15) is 0 Å². The predicted octanol–water partition coefficient (Wildman–Crippen LogP) is 9.34. The van der Waals surface area contributed by atoms with Gasteiger partial charge in [-0.25, -0.2) is 0 Å². The molecule has 0 unspecified atom stereocenters. The molecule has 2 nitrogen and oxygen atoms in total. The van der Waals surface area contributed by atoms with E-state index in [0.29, 0.717) is 6.54 Å². The number of fused-ring (bicyclic) bond motifs is 5. The van der Waals surface area contributed by atoms with Crippen molar-refractivity contribution in [3.8, 4) is 16.9 Å². The SMILES string of the molecule is C=CC1=C(/C=C2\CN(c3ccccc3)c3cc4c(cc3O2)C(C)(C)c2ccccc2-4)C(C)(C)c2ccccc21. The van der Waals surface area contributed by atoms with Crippen molar-refractivity contribution in [1.29, 1.82) is 0 Å². The van der Waals surface area contributed by atoms with Crippen molar-refractivity contribution in [2.45, 2.75) is 38.5 Å². The molecule has 0 spiro atoms. The minimum atomic E-state index is -0.143. The molecule has 4 aromatic rings. The molecular formula is C37H33NO. The quantitative estimate of drug-likeness (QED) is 0.274. The molecule has 0 N–H and O–H groups in total. The number of ether oxygens (including phenoxy) is 1. The van der Waals surface area contributed by atoms with Crippen LogP contribution in [0.1, 0.15) is 49.9 Å². The molecule has 4 aromatic carbocycles. The molecular weight excluding hydrogens is 474 g/mol. The first kappa shape index (κ1) is 23.8. The first-order valence-corrected chi connectivity index (χ1v) is 13.8. The van der Waals surface area contributed by atoms with Gasteiger partial charge in [-0.15, -0.1) is 0 Å². The average Bonchev–Trinajstić information content (AvgIpc) is 3.31. The predicted molar refractivity (Wildman–Crippen MR) is 163 cm³/mol. The van der Waals surface area contributed by atoms with Crippen LogP contribution in [-0.4, -0.2) is 6.54 Å². The van der Waals surface area contributed by atoms with E-state index in [1.807, 2.05) is 6.08 Å². The van der Waals surface area contributed by atoms with Crippen LogP contribution in [-0.2, 0) is 10.8 Å². The summed E-state index contributed by atoms with van der Waals surface area (Å²) < 4.78 is 6.80. The van der Waals surface area contributed by atoms with E-state index in [1.165, 1.54) is 44.5 Å². The molecule has 39 heavy (non-hydrogen) atoms. The zero-order chi connectivity index (χ0) is 26.9. The van der Waals surface area contributed by atoms with Crippen LogP contribution in [0, 0.1) is 0 Å². The van der Waals surface area contributed by atoms with E-state index < -0.39 is 0 Å². The monoisotopic (exact) mass is 507 g/mol. The van der Waals surface area contributed by atoms with E-state index in [0.717, 1.165) is 22.9 Å². The lowest BCUT2D eigenvalue weighted by Crippen LogP contribution is -2.28. The Morgan fingerprint density at radius 1 is 0.718 bits per heavy atom. The highest BCUT2D eigenvalue weighted by Crippen LogP contribution is 2.54. The molecule has 0 bridgehead atoms. The Balaban J connectivity index is 1.41. The number of rotatable bonds is 3. The van der Waals surface area contributed by atoms with Gasteiger partial charge in [-0.1, -0.05) is 107 Å². The van der Waals surface area contributed by atoms with E-state index in [1.54, 1.807) is 0 Å². The highest BCUT2D eigenvalue weighted by molar-refractivity contribution is 5.89. The number of hydrogen-bond acceptors (Lipinski definition) is 2. The summed E-state index contributed by atoms with van der Waals surface area (Å²) >= 11 is 0. The van der Waals surface area contributed by atoms with Crippen LogP contribution >= 0.6 is 0 Å². The fraction of sp³-hybridized carbons (Fsp3) is 0.189. The van der Waals surface area contributed by atoms with Crippen molar-refractivity contribution in [2.75, 3.05) is 11.4 Å². The summed E-state index contributed by atoms with van der Waals surface area (Å²) in [6.07, 6.45) is 4.27. The van der Waals surface area contributed by atoms with Crippen LogP contribution in [0.15, 0.2) is 121 Å². The van der Waals surface area contributed by atoms with Gasteiger partial charge in [0.25, 0.3) is 0 Å². The van der Waals surface area contributed by atoms with Crippen LogP contribution in [0.2, 0.25) is 0 Å². The summed E-state index contributed by atoms with van der Waals surface area (Å²) in [5.41, 5.74) is 12.4. The third kappa shape index (κ3) is 3.41. The lowest BCUT2D eigenvalue weighted by molar-refractivity contribution is 0.400. The van der Waals surface area contributed by atoms with Crippen molar-refractivity contribution in [3.05, 3.63) is 143 Å². The van der Waals surface area contributed by atoms with Gasteiger partial charge < -0.3 is 9.64 Å². The van der Waals surface area contributed by atoms with Gasteiger partial charge >= 0.3 is 0 Å². The molecule has 3 aliphatic rings. The van der Waals surface area contributed by atoms with Gasteiger partial charge in [0.1, 0.15) is 5.76 Å². The average molecular weight is 508 g/mol. The Kier molecular flexibility index (Phi) is 5.09. The summed E-state index contributed by atoms with van der Waals surface area (Å²) in [5, 5.41) is 0. The largest absolute Gasteiger partial charge is 0.458 e. The number of benzene rings is 4. The maximum absolute atomic E-state index is 6.80. The van der Waals surface area contributed by atoms with Crippen molar-refractivity contribution in [3.63, 3.8) is 0 Å². The first-order chi connectivity index (χ1) is 18.8. The number of nitrogens with zero attached hydrogens (tertiary/aromatic N) is 1. The molecule has 2 heteroatoms. The second kappa shape index (κ2) is 8.35. The second-order valence-electron chi connectivity index (χ2n) is 11.9. The lowest BCUT2D eigenvalue weighted by Gasteiger charge is -2.34. The molecule has 0 saturated carbocycles. The molecule has 0 saturated heterocycles. The number of para-hydroxylation sites is 1. The van der Waals surface area contributed by atoms with Crippen LogP contribution in [0.3, 0.4) is 0 Å². The Hall–Kier alpha value is -4.30. The maximum atomic E-state index is 6.80. The van der Waals surface area contributed by atoms with Gasteiger partial charge in [-0.3, -0.25) is 0 Å². The van der Waals surface area contributed by atoms with Crippen molar-refractivity contribution < 1.29 is 4.74 Å². The summed E-state index contributed by atoms with van der Waals surface area (Å²) in [4.78, 5) is 2.39. The lowest BCUT2D eigenvalue weighted by atomic mass is 9.81. The van der Waals surface area contributed by atoms with E-state index in [2.05, 4.69) is 136 Å². The molecule has 1 aliphatic heterocycles. The van der Waals surface area contributed by atoms with Gasteiger partial charge in [0.15, 0.2) is 5.75 Å². The van der Waals surface area contributed by atoms with Gasteiger partial charge in [0.2, 0.25) is 0 Å². The number of anilines is 2. The number of allylic oxidation sites excluding steroid dienone is 4. The van der Waals surface area contributed by atoms with Crippen LogP contribution in [0.5, 0.6) is 5.75 Å². The zero-order valence-electron chi connectivity index (χ0n) is 23.1. The van der Waals surface area contributed by atoms with Crippen molar-refractivity contribution in [2.24, 2.45) is 0 Å². The second-order valence-corrected chi connectivity index (χ2v) is 11.9. The Labute approximate surface area is 231 Å². The Morgan fingerprint density at radius 3 is 2.08 bits per heavy atom. The zero-order valence-corrected chi connectivity index (χ0v) is 23.1. The van der Waals surface area contributed by atoms with Crippen LogP contribution < -0.4 is 9.64 Å². The van der Waals surface area contributed by atoms with Crippen LogP contribution in [0.25, 0.3) is 16.7 Å². The van der Waals surface area contributed by atoms with E-state index in [9.17, 15) is 0 Å². The topological polar surface area (TPSA) is 12.5 Å². The Bertz CT molecular complexity index is 1720. The molecule has 1 heterocycles. The molecule has 0 atom stereocenters. The van der Waals surface area contributed by atoms with E-state index >= 15 is 0 Å². The summed E-state index contributed by atoms with van der Waals surface area (Å²) in [5.74, 6) is 1.85.